The van der Waals surface area contributed by atoms with Crippen LogP contribution in [0, 0.1) is 0 Å². The smallest absolute Gasteiger partial charge is 0.321 e. The van der Waals surface area contributed by atoms with Gasteiger partial charge in [0, 0.05) is 5.92 Å². The Bertz CT molecular complexity index is 387. The molecule has 0 spiro atoms. The topological polar surface area (TPSA) is 87.1 Å². The molecular formula is C10H16N4O2S. The second kappa shape index (κ2) is 5.42. The summed E-state index contributed by atoms with van der Waals surface area (Å²) in [6.07, 6.45) is 3.03. The van der Waals surface area contributed by atoms with E-state index in [4.69, 9.17) is 5.11 Å². The van der Waals surface area contributed by atoms with Crippen molar-refractivity contribution in [2.45, 2.75) is 38.1 Å². The fourth-order valence-corrected chi connectivity index (χ4v) is 2.28. The highest BCUT2D eigenvalue weighted by atomic mass is 32.1. The molecule has 2 amide bonds. The Labute approximate surface area is 103 Å². The maximum atomic E-state index is 11.5. The molecule has 2 rings (SSSR count). The molecule has 3 N–H and O–H groups in total. The third kappa shape index (κ3) is 3.37. The normalized spacial score (nSPS) is 16.6. The Hall–Kier alpha value is -1.21. The Morgan fingerprint density at radius 2 is 2.35 bits per heavy atom. The second-order valence-corrected chi connectivity index (χ2v) is 5.12. The van der Waals surface area contributed by atoms with E-state index in [0.717, 1.165) is 5.01 Å². The van der Waals surface area contributed by atoms with Crippen LogP contribution < -0.4 is 10.6 Å². The third-order valence-electron chi connectivity index (χ3n) is 2.64. The summed E-state index contributed by atoms with van der Waals surface area (Å²) in [5.74, 6) is 0.548. The zero-order chi connectivity index (χ0) is 12.3. The molecule has 94 valence electrons. The van der Waals surface area contributed by atoms with Gasteiger partial charge in [0.05, 0.1) is 12.6 Å². The average Bonchev–Trinajstić information content (AvgIpc) is 3.08. The van der Waals surface area contributed by atoms with Crippen LogP contribution in [0.15, 0.2) is 0 Å². The number of nitrogens with one attached hydrogen (secondary N) is 2. The number of aliphatic hydroxyl groups excluding tert-OH is 1. The minimum Gasteiger partial charge on any atom is -0.394 e. The lowest BCUT2D eigenvalue weighted by Crippen LogP contribution is -2.39. The fourth-order valence-electron chi connectivity index (χ4n) is 1.38. The van der Waals surface area contributed by atoms with Crippen LogP contribution in [0.25, 0.3) is 0 Å². The van der Waals surface area contributed by atoms with Gasteiger partial charge in [-0.1, -0.05) is 18.3 Å². The maximum Gasteiger partial charge on any atom is 0.321 e. The van der Waals surface area contributed by atoms with Crippen LogP contribution in [0.1, 0.15) is 37.1 Å². The second-order valence-electron chi connectivity index (χ2n) is 4.11. The van der Waals surface area contributed by atoms with Crippen LogP contribution in [0.5, 0.6) is 0 Å². The molecule has 1 aliphatic carbocycles. The van der Waals surface area contributed by atoms with Crippen LogP contribution in [0.2, 0.25) is 0 Å². The molecule has 1 atom stereocenters. The number of rotatable bonds is 5. The molecular weight excluding hydrogens is 240 g/mol. The Morgan fingerprint density at radius 3 is 2.94 bits per heavy atom. The van der Waals surface area contributed by atoms with Gasteiger partial charge in [-0.25, -0.2) is 4.79 Å². The van der Waals surface area contributed by atoms with E-state index >= 15 is 0 Å². The average molecular weight is 256 g/mol. The number of hydrogen-bond acceptors (Lipinski definition) is 5. The lowest BCUT2D eigenvalue weighted by atomic mass is 10.2. The van der Waals surface area contributed by atoms with Gasteiger partial charge in [0.1, 0.15) is 5.01 Å². The van der Waals surface area contributed by atoms with Gasteiger partial charge in [0.15, 0.2) is 0 Å². The lowest BCUT2D eigenvalue weighted by molar-refractivity contribution is 0.222. The van der Waals surface area contributed by atoms with Gasteiger partial charge >= 0.3 is 6.03 Å². The molecule has 7 heteroatoms. The van der Waals surface area contributed by atoms with Crippen molar-refractivity contribution in [3.63, 3.8) is 0 Å². The maximum absolute atomic E-state index is 11.5. The molecule has 1 saturated carbocycles. The summed E-state index contributed by atoms with van der Waals surface area (Å²) in [4.78, 5) is 11.5. The van der Waals surface area contributed by atoms with Crippen molar-refractivity contribution in [3.05, 3.63) is 5.01 Å². The highest BCUT2D eigenvalue weighted by molar-refractivity contribution is 7.15. The number of amides is 2. The van der Waals surface area contributed by atoms with Crippen molar-refractivity contribution in [2.75, 3.05) is 11.9 Å². The fraction of sp³-hybridized carbons (Fsp3) is 0.700. The molecule has 1 unspecified atom stereocenters. The number of anilines is 1. The van der Waals surface area contributed by atoms with Crippen LogP contribution in [-0.4, -0.2) is 34.0 Å². The molecule has 0 radical (unpaired) electrons. The summed E-state index contributed by atoms with van der Waals surface area (Å²) in [6.45, 7) is 1.84. The van der Waals surface area contributed by atoms with Gasteiger partial charge in [0.2, 0.25) is 5.13 Å². The van der Waals surface area contributed by atoms with Gasteiger partial charge in [-0.05, 0) is 19.3 Å². The van der Waals surface area contributed by atoms with E-state index in [2.05, 4.69) is 20.8 Å². The molecule has 6 nitrogen and oxygen atoms in total. The molecule has 17 heavy (non-hydrogen) atoms. The molecule has 1 fully saturated rings. The Kier molecular flexibility index (Phi) is 3.90. The van der Waals surface area contributed by atoms with Crippen molar-refractivity contribution >= 4 is 22.5 Å². The van der Waals surface area contributed by atoms with Crippen LogP contribution >= 0.6 is 11.3 Å². The predicted molar refractivity (Wildman–Crippen MR) is 65.2 cm³/mol. The number of urea groups is 1. The number of carbonyl (C=O) groups is 1. The summed E-state index contributed by atoms with van der Waals surface area (Å²) in [7, 11) is 0. The van der Waals surface area contributed by atoms with Crippen molar-refractivity contribution in [2.24, 2.45) is 0 Å². The summed E-state index contributed by atoms with van der Waals surface area (Å²) in [6, 6.07) is -0.560. The molecule has 0 bridgehead atoms. The van der Waals surface area contributed by atoms with E-state index in [1.165, 1.54) is 24.2 Å². The largest absolute Gasteiger partial charge is 0.394 e. The van der Waals surface area contributed by atoms with E-state index in [9.17, 15) is 4.79 Å². The number of aliphatic hydroxyl groups is 1. The summed E-state index contributed by atoms with van der Waals surface area (Å²) >= 11 is 1.42. The quantitative estimate of drug-likeness (QED) is 0.741. The first kappa shape index (κ1) is 12.3. The minimum atomic E-state index is -0.343. The SMILES string of the molecule is CCC(CO)NC(=O)Nc1nnc(C2CC2)s1. The molecule has 1 aromatic rings. The monoisotopic (exact) mass is 256 g/mol. The molecule has 0 saturated heterocycles. The van der Waals surface area contributed by atoms with Crippen LogP contribution in [-0.2, 0) is 0 Å². The third-order valence-corrected chi connectivity index (χ3v) is 3.64. The number of aromatic nitrogens is 2. The van der Waals surface area contributed by atoms with Crippen molar-refractivity contribution < 1.29 is 9.90 Å². The number of hydrogen-bond donors (Lipinski definition) is 3. The summed E-state index contributed by atoms with van der Waals surface area (Å²) in [5, 5.41) is 23.7. The standard InChI is InChI=1S/C10H16N4O2S/c1-2-7(5-15)11-9(16)12-10-14-13-8(17-10)6-3-4-6/h6-7,15H,2-5H2,1H3,(H2,11,12,14,16). The first-order valence-electron chi connectivity index (χ1n) is 5.74. The molecule has 1 heterocycles. The summed E-state index contributed by atoms with van der Waals surface area (Å²) < 4.78 is 0. The van der Waals surface area contributed by atoms with Gasteiger partial charge < -0.3 is 10.4 Å². The first-order valence-corrected chi connectivity index (χ1v) is 6.56. The number of carbonyl (C=O) groups excluding carboxylic acids is 1. The number of nitrogens with zero attached hydrogens (tertiary/aromatic N) is 2. The van der Waals surface area contributed by atoms with E-state index in [1.54, 1.807) is 0 Å². The molecule has 0 aliphatic heterocycles. The highest BCUT2D eigenvalue weighted by Crippen LogP contribution is 2.41. The van der Waals surface area contributed by atoms with Crippen molar-refractivity contribution in [1.82, 2.24) is 15.5 Å². The van der Waals surface area contributed by atoms with Crippen LogP contribution in [0.3, 0.4) is 0 Å². The van der Waals surface area contributed by atoms with Gasteiger partial charge in [-0.15, -0.1) is 10.2 Å². The molecule has 1 aromatic heterocycles. The van der Waals surface area contributed by atoms with E-state index < -0.39 is 0 Å². The summed E-state index contributed by atoms with van der Waals surface area (Å²) in [5.41, 5.74) is 0. The Morgan fingerprint density at radius 1 is 1.59 bits per heavy atom. The van der Waals surface area contributed by atoms with Gasteiger partial charge in [0.25, 0.3) is 0 Å². The molecule has 0 aromatic carbocycles. The van der Waals surface area contributed by atoms with Crippen molar-refractivity contribution in [1.29, 1.82) is 0 Å². The zero-order valence-corrected chi connectivity index (χ0v) is 10.5. The van der Waals surface area contributed by atoms with E-state index in [-0.39, 0.29) is 18.7 Å². The zero-order valence-electron chi connectivity index (χ0n) is 9.64. The Balaban J connectivity index is 1.84. The van der Waals surface area contributed by atoms with Gasteiger partial charge in [-0.3, -0.25) is 5.32 Å². The van der Waals surface area contributed by atoms with Crippen molar-refractivity contribution in [3.8, 4) is 0 Å². The lowest BCUT2D eigenvalue weighted by Gasteiger charge is -2.13. The minimum absolute atomic E-state index is 0.0621. The van der Waals surface area contributed by atoms with Gasteiger partial charge in [-0.2, -0.15) is 0 Å². The van der Waals surface area contributed by atoms with E-state index in [0.29, 0.717) is 17.5 Å². The van der Waals surface area contributed by atoms with E-state index in [1.807, 2.05) is 6.92 Å². The first-order chi connectivity index (χ1) is 8.22. The predicted octanol–water partition coefficient (Wildman–Crippen LogP) is 1.31. The van der Waals surface area contributed by atoms with Crippen LogP contribution in [0.4, 0.5) is 9.93 Å². The molecule has 1 aliphatic rings. The highest BCUT2D eigenvalue weighted by Gasteiger charge is 2.27.